The highest BCUT2D eigenvalue weighted by molar-refractivity contribution is 7.89. The van der Waals surface area contributed by atoms with Gasteiger partial charge >= 0.3 is 0 Å². The number of hydrogen-bond donors (Lipinski definition) is 2. The van der Waals surface area contributed by atoms with Crippen LogP contribution in [0.1, 0.15) is 32.6 Å². The molecule has 0 spiro atoms. The van der Waals surface area contributed by atoms with Crippen molar-refractivity contribution in [3.05, 3.63) is 18.2 Å². The van der Waals surface area contributed by atoms with E-state index in [1.165, 1.54) is 20.3 Å². The van der Waals surface area contributed by atoms with Crippen molar-refractivity contribution in [1.82, 2.24) is 4.72 Å². The fraction of sp³-hybridized carbons (Fsp3) is 0.625. The van der Waals surface area contributed by atoms with Crippen LogP contribution in [0.3, 0.4) is 0 Å². The van der Waals surface area contributed by atoms with Gasteiger partial charge in [-0.05, 0) is 30.9 Å². The molecule has 1 fully saturated rings. The van der Waals surface area contributed by atoms with E-state index in [0.717, 1.165) is 25.7 Å². The quantitative estimate of drug-likeness (QED) is 0.824. The number of methoxy groups -OCH3 is 2. The van der Waals surface area contributed by atoms with Crippen molar-refractivity contribution in [2.24, 2.45) is 11.7 Å². The Morgan fingerprint density at radius 1 is 1.30 bits per heavy atom. The summed E-state index contributed by atoms with van der Waals surface area (Å²) in [5.41, 5.74) is 5.35. The van der Waals surface area contributed by atoms with Crippen LogP contribution in [-0.4, -0.2) is 34.7 Å². The predicted octanol–water partition coefficient (Wildman–Crippen LogP) is 1.89. The Morgan fingerprint density at radius 2 is 2.04 bits per heavy atom. The summed E-state index contributed by atoms with van der Waals surface area (Å²) in [6, 6.07) is 4.73. The molecule has 1 saturated carbocycles. The molecular formula is C16H26N2O4S. The maximum atomic E-state index is 13.0. The van der Waals surface area contributed by atoms with Crippen molar-refractivity contribution in [2.75, 3.05) is 20.8 Å². The zero-order valence-electron chi connectivity index (χ0n) is 14.0. The molecule has 23 heavy (non-hydrogen) atoms. The zero-order valence-corrected chi connectivity index (χ0v) is 14.8. The SMILES string of the molecule is COc1ccc(OC)c(S(=O)(=O)NC2(CN)CCCCC2C)c1. The average Bonchev–Trinajstić information content (AvgIpc) is 2.56. The first-order valence-corrected chi connectivity index (χ1v) is 9.33. The Morgan fingerprint density at radius 3 is 2.61 bits per heavy atom. The molecule has 130 valence electrons. The largest absolute Gasteiger partial charge is 0.497 e. The van der Waals surface area contributed by atoms with Gasteiger partial charge in [-0.1, -0.05) is 19.8 Å². The average molecular weight is 342 g/mol. The van der Waals surface area contributed by atoms with E-state index in [1.807, 2.05) is 0 Å². The number of nitrogens with one attached hydrogen (secondary N) is 1. The molecule has 0 heterocycles. The lowest BCUT2D eigenvalue weighted by Gasteiger charge is -2.42. The van der Waals surface area contributed by atoms with Crippen LogP contribution in [0.4, 0.5) is 0 Å². The van der Waals surface area contributed by atoms with E-state index >= 15 is 0 Å². The van der Waals surface area contributed by atoms with Gasteiger partial charge in [-0.15, -0.1) is 0 Å². The van der Waals surface area contributed by atoms with Crippen LogP contribution in [0.5, 0.6) is 11.5 Å². The summed E-state index contributed by atoms with van der Waals surface area (Å²) in [6.45, 7) is 2.33. The van der Waals surface area contributed by atoms with Gasteiger partial charge in [0.05, 0.1) is 14.2 Å². The second kappa shape index (κ2) is 7.07. The number of nitrogens with two attached hydrogens (primary N) is 1. The van der Waals surface area contributed by atoms with E-state index in [1.54, 1.807) is 12.1 Å². The van der Waals surface area contributed by atoms with Gasteiger partial charge in [-0.3, -0.25) is 0 Å². The highest BCUT2D eigenvalue weighted by Crippen LogP contribution is 2.36. The van der Waals surface area contributed by atoms with Crippen molar-refractivity contribution >= 4 is 10.0 Å². The third-order valence-electron chi connectivity index (χ3n) is 4.82. The third-order valence-corrected chi connectivity index (χ3v) is 6.39. The second-order valence-electron chi connectivity index (χ2n) is 6.13. The minimum Gasteiger partial charge on any atom is -0.497 e. The van der Waals surface area contributed by atoms with Crippen LogP contribution in [-0.2, 0) is 10.0 Å². The first kappa shape index (κ1) is 18.0. The first-order chi connectivity index (χ1) is 10.9. The van der Waals surface area contributed by atoms with Crippen molar-refractivity contribution in [3.8, 4) is 11.5 Å². The third kappa shape index (κ3) is 3.62. The van der Waals surface area contributed by atoms with Gasteiger partial charge in [-0.25, -0.2) is 13.1 Å². The lowest BCUT2D eigenvalue weighted by molar-refractivity contribution is 0.191. The molecule has 0 aliphatic heterocycles. The Bertz CT molecular complexity index is 647. The highest BCUT2D eigenvalue weighted by Gasteiger charge is 2.41. The van der Waals surface area contributed by atoms with Gasteiger partial charge in [0.2, 0.25) is 10.0 Å². The summed E-state index contributed by atoms with van der Waals surface area (Å²) in [4.78, 5) is 0.0740. The van der Waals surface area contributed by atoms with Gasteiger partial charge in [0, 0.05) is 18.2 Å². The summed E-state index contributed by atoms with van der Waals surface area (Å²) >= 11 is 0. The first-order valence-electron chi connectivity index (χ1n) is 7.84. The zero-order chi connectivity index (χ0) is 17.1. The molecule has 2 rings (SSSR count). The van der Waals surface area contributed by atoms with E-state index in [2.05, 4.69) is 11.6 Å². The smallest absolute Gasteiger partial charge is 0.244 e. The van der Waals surface area contributed by atoms with Crippen molar-refractivity contribution < 1.29 is 17.9 Å². The fourth-order valence-electron chi connectivity index (χ4n) is 3.23. The predicted molar refractivity (Wildman–Crippen MR) is 89.3 cm³/mol. The van der Waals surface area contributed by atoms with Gasteiger partial charge < -0.3 is 15.2 Å². The second-order valence-corrected chi connectivity index (χ2v) is 7.78. The normalized spacial score (nSPS) is 25.1. The van der Waals surface area contributed by atoms with Crippen LogP contribution in [0.15, 0.2) is 23.1 Å². The van der Waals surface area contributed by atoms with Gasteiger partial charge in [-0.2, -0.15) is 0 Å². The Hall–Kier alpha value is -1.31. The molecule has 1 aromatic rings. The topological polar surface area (TPSA) is 90.6 Å². The van der Waals surface area contributed by atoms with Crippen LogP contribution in [0.2, 0.25) is 0 Å². The Labute approximate surface area is 138 Å². The summed E-state index contributed by atoms with van der Waals surface area (Å²) in [5.74, 6) is 0.936. The van der Waals surface area contributed by atoms with Crippen LogP contribution >= 0.6 is 0 Å². The summed E-state index contributed by atoms with van der Waals surface area (Å²) in [6.07, 6.45) is 3.79. The summed E-state index contributed by atoms with van der Waals surface area (Å²) < 4.78 is 39.1. The van der Waals surface area contributed by atoms with Gasteiger partial charge in [0.25, 0.3) is 0 Å². The molecule has 2 atom stereocenters. The van der Waals surface area contributed by atoms with Crippen molar-refractivity contribution in [1.29, 1.82) is 0 Å². The molecule has 3 N–H and O–H groups in total. The lowest BCUT2D eigenvalue weighted by Crippen LogP contribution is -2.58. The molecule has 0 amide bonds. The van der Waals surface area contributed by atoms with E-state index in [0.29, 0.717) is 5.75 Å². The Kier molecular flexibility index (Phi) is 5.54. The number of hydrogen-bond acceptors (Lipinski definition) is 5. The van der Waals surface area contributed by atoms with E-state index in [9.17, 15) is 8.42 Å². The number of ether oxygens (including phenoxy) is 2. The molecule has 1 aromatic carbocycles. The van der Waals surface area contributed by atoms with Crippen molar-refractivity contribution in [2.45, 2.75) is 43.0 Å². The molecule has 6 nitrogen and oxygen atoms in total. The van der Waals surface area contributed by atoms with E-state index in [-0.39, 0.29) is 23.1 Å². The minimum atomic E-state index is -3.77. The van der Waals surface area contributed by atoms with Gasteiger partial charge in [0.15, 0.2) is 0 Å². The van der Waals surface area contributed by atoms with E-state index < -0.39 is 15.6 Å². The molecular weight excluding hydrogens is 316 g/mol. The van der Waals surface area contributed by atoms with E-state index in [4.69, 9.17) is 15.2 Å². The molecule has 0 bridgehead atoms. The van der Waals surface area contributed by atoms with Crippen molar-refractivity contribution in [3.63, 3.8) is 0 Å². The summed E-state index contributed by atoms with van der Waals surface area (Å²) in [7, 11) is -0.830. The standard InChI is InChI=1S/C16H26N2O4S/c1-12-6-4-5-9-16(12,11-17)18-23(19,20)15-10-13(21-2)7-8-14(15)22-3/h7-8,10,12,18H,4-6,9,11,17H2,1-3H3. The van der Waals surface area contributed by atoms with Gasteiger partial charge in [0.1, 0.15) is 16.4 Å². The highest BCUT2D eigenvalue weighted by atomic mass is 32.2. The summed E-state index contributed by atoms with van der Waals surface area (Å²) in [5, 5.41) is 0. The molecule has 1 aliphatic carbocycles. The number of benzene rings is 1. The van der Waals surface area contributed by atoms with Crippen LogP contribution in [0, 0.1) is 5.92 Å². The molecule has 0 saturated heterocycles. The van der Waals surface area contributed by atoms with Crippen LogP contribution in [0.25, 0.3) is 0 Å². The Balaban J connectivity index is 2.41. The molecule has 2 unspecified atom stereocenters. The molecule has 0 radical (unpaired) electrons. The maximum Gasteiger partial charge on any atom is 0.244 e. The molecule has 7 heteroatoms. The maximum absolute atomic E-state index is 13.0. The molecule has 0 aromatic heterocycles. The number of sulfonamides is 1. The fourth-order valence-corrected chi connectivity index (χ4v) is 4.95. The molecule has 1 aliphatic rings. The minimum absolute atomic E-state index is 0.0740. The monoisotopic (exact) mass is 342 g/mol. The number of rotatable bonds is 6. The lowest BCUT2D eigenvalue weighted by atomic mass is 9.74. The van der Waals surface area contributed by atoms with Crippen LogP contribution < -0.4 is 19.9 Å².